The largest absolute Gasteiger partial charge is 0.351 e. The first-order valence-corrected chi connectivity index (χ1v) is 8.34. The summed E-state index contributed by atoms with van der Waals surface area (Å²) in [6, 6.07) is 2.52. The SMILES string of the molecule is O=C(Nc1ccnc2c1CC[C@@H]1CNCCN21)N1CCCC1. The van der Waals surface area contributed by atoms with E-state index in [9.17, 15) is 4.79 Å². The number of rotatable bonds is 1. The molecule has 22 heavy (non-hydrogen) atoms. The molecule has 0 aliphatic carbocycles. The van der Waals surface area contributed by atoms with Crippen molar-refractivity contribution in [3.05, 3.63) is 17.8 Å². The van der Waals surface area contributed by atoms with Crippen molar-refractivity contribution in [3.8, 4) is 0 Å². The molecule has 0 unspecified atom stereocenters. The van der Waals surface area contributed by atoms with E-state index in [-0.39, 0.29) is 6.03 Å². The second kappa shape index (κ2) is 5.76. The second-order valence-electron chi connectivity index (χ2n) is 6.37. The van der Waals surface area contributed by atoms with E-state index in [0.717, 1.165) is 69.9 Å². The average molecular weight is 301 g/mol. The molecule has 6 heteroatoms. The maximum atomic E-state index is 12.4. The standard InChI is InChI=1S/C16H23N5O/c22-16(20-8-1-2-9-20)19-14-5-6-18-15-13(14)4-3-12-11-17-7-10-21(12)15/h5-6,12,17H,1-4,7-11H2,(H,18,19,22)/t12-/m1/s1. The molecule has 1 atom stereocenters. The molecule has 118 valence electrons. The number of likely N-dealkylation sites (tertiary alicyclic amines) is 1. The van der Waals surface area contributed by atoms with Gasteiger partial charge in [-0.25, -0.2) is 9.78 Å². The van der Waals surface area contributed by atoms with Crippen LogP contribution in [0.15, 0.2) is 12.3 Å². The Morgan fingerprint density at radius 2 is 2.18 bits per heavy atom. The highest BCUT2D eigenvalue weighted by Gasteiger charge is 2.31. The van der Waals surface area contributed by atoms with Gasteiger partial charge < -0.3 is 20.4 Å². The van der Waals surface area contributed by atoms with Crippen LogP contribution in [0.3, 0.4) is 0 Å². The van der Waals surface area contributed by atoms with Crippen molar-refractivity contribution in [2.45, 2.75) is 31.7 Å². The normalized spacial score (nSPS) is 23.9. The number of pyridine rings is 1. The summed E-state index contributed by atoms with van der Waals surface area (Å²) in [7, 11) is 0. The first-order chi connectivity index (χ1) is 10.8. The molecule has 2 saturated heterocycles. The van der Waals surface area contributed by atoms with Crippen LogP contribution in [0.4, 0.5) is 16.3 Å². The highest BCUT2D eigenvalue weighted by atomic mass is 16.2. The molecule has 3 aliphatic rings. The van der Waals surface area contributed by atoms with Gasteiger partial charge in [0.15, 0.2) is 0 Å². The molecule has 6 nitrogen and oxygen atoms in total. The van der Waals surface area contributed by atoms with Crippen molar-refractivity contribution in [1.29, 1.82) is 0 Å². The average Bonchev–Trinajstić information content (AvgIpc) is 3.09. The Balaban J connectivity index is 1.58. The Morgan fingerprint density at radius 3 is 3.05 bits per heavy atom. The number of hydrogen-bond donors (Lipinski definition) is 2. The summed E-state index contributed by atoms with van der Waals surface area (Å²) >= 11 is 0. The smallest absolute Gasteiger partial charge is 0.321 e. The molecule has 2 fully saturated rings. The molecule has 0 bridgehead atoms. The van der Waals surface area contributed by atoms with Gasteiger partial charge in [0, 0.05) is 50.5 Å². The van der Waals surface area contributed by atoms with Crippen LogP contribution in [-0.4, -0.2) is 54.7 Å². The molecule has 3 aliphatic heterocycles. The fourth-order valence-corrected chi connectivity index (χ4v) is 3.82. The minimum Gasteiger partial charge on any atom is -0.351 e. The maximum Gasteiger partial charge on any atom is 0.321 e. The lowest BCUT2D eigenvalue weighted by atomic mass is 9.96. The number of aromatic nitrogens is 1. The van der Waals surface area contributed by atoms with Crippen molar-refractivity contribution in [2.24, 2.45) is 0 Å². The minimum absolute atomic E-state index is 0.0355. The van der Waals surface area contributed by atoms with E-state index in [1.807, 2.05) is 17.2 Å². The van der Waals surface area contributed by atoms with E-state index in [1.54, 1.807) is 0 Å². The first kappa shape index (κ1) is 13.8. The van der Waals surface area contributed by atoms with Gasteiger partial charge in [0.25, 0.3) is 0 Å². The van der Waals surface area contributed by atoms with Gasteiger partial charge in [0.05, 0.1) is 5.69 Å². The number of hydrogen-bond acceptors (Lipinski definition) is 4. The Hall–Kier alpha value is -1.82. The lowest BCUT2D eigenvalue weighted by Crippen LogP contribution is -2.53. The van der Waals surface area contributed by atoms with Gasteiger partial charge in [-0.2, -0.15) is 0 Å². The third-order valence-electron chi connectivity index (χ3n) is 5.02. The van der Waals surface area contributed by atoms with Gasteiger partial charge in [-0.15, -0.1) is 0 Å². The van der Waals surface area contributed by atoms with Crippen molar-refractivity contribution in [3.63, 3.8) is 0 Å². The number of nitrogens with one attached hydrogen (secondary N) is 2. The molecule has 2 N–H and O–H groups in total. The first-order valence-electron chi connectivity index (χ1n) is 8.34. The molecule has 0 spiro atoms. The van der Waals surface area contributed by atoms with E-state index in [1.165, 1.54) is 5.56 Å². The molecular weight excluding hydrogens is 278 g/mol. The maximum absolute atomic E-state index is 12.4. The quantitative estimate of drug-likeness (QED) is 0.824. The lowest BCUT2D eigenvalue weighted by Gasteiger charge is -2.41. The number of fused-ring (bicyclic) bond motifs is 3. The molecule has 1 aromatic rings. The zero-order valence-electron chi connectivity index (χ0n) is 12.8. The molecule has 0 saturated carbocycles. The molecule has 1 aromatic heterocycles. The molecule has 0 aromatic carbocycles. The second-order valence-corrected chi connectivity index (χ2v) is 6.37. The topological polar surface area (TPSA) is 60.5 Å². The molecular formula is C16H23N5O. The predicted octanol–water partition coefficient (Wildman–Crippen LogP) is 1.43. The summed E-state index contributed by atoms with van der Waals surface area (Å²) in [5, 5.41) is 6.57. The van der Waals surface area contributed by atoms with Crippen LogP contribution in [-0.2, 0) is 6.42 Å². The van der Waals surface area contributed by atoms with Gasteiger partial charge in [-0.05, 0) is 31.7 Å². The zero-order chi connectivity index (χ0) is 14.9. The summed E-state index contributed by atoms with van der Waals surface area (Å²) in [5.74, 6) is 1.07. The number of urea groups is 1. The number of anilines is 2. The van der Waals surface area contributed by atoms with Crippen molar-refractivity contribution in [2.75, 3.05) is 42.9 Å². The molecule has 4 heterocycles. The Morgan fingerprint density at radius 1 is 1.32 bits per heavy atom. The monoisotopic (exact) mass is 301 g/mol. The number of piperazine rings is 1. The Bertz CT molecular complexity index is 570. The summed E-state index contributed by atoms with van der Waals surface area (Å²) in [5.41, 5.74) is 2.15. The number of carbonyl (C=O) groups is 1. The number of amides is 2. The molecule has 4 rings (SSSR count). The van der Waals surface area contributed by atoms with Gasteiger partial charge >= 0.3 is 6.03 Å². The van der Waals surface area contributed by atoms with Crippen molar-refractivity contribution in [1.82, 2.24) is 15.2 Å². The van der Waals surface area contributed by atoms with E-state index >= 15 is 0 Å². The Labute approximate surface area is 130 Å². The van der Waals surface area contributed by atoms with Crippen molar-refractivity contribution >= 4 is 17.5 Å². The van der Waals surface area contributed by atoms with Gasteiger partial charge in [0.2, 0.25) is 0 Å². The number of carbonyl (C=O) groups excluding carboxylic acids is 1. The van der Waals surface area contributed by atoms with Crippen LogP contribution in [0.1, 0.15) is 24.8 Å². The summed E-state index contributed by atoms with van der Waals surface area (Å²) in [6.45, 7) is 4.78. The van der Waals surface area contributed by atoms with Gasteiger partial charge in [-0.3, -0.25) is 0 Å². The minimum atomic E-state index is 0.0355. The summed E-state index contributed by atoms with van der Waals surface area (Å²) in [4.78, 5) is 21.3. The zero-order valence-corrected chi connectivity index (χ0v) is 12.8. The van der Waals surface area contributed by atoms with Gasteiger partial charge in [-0.1, -0.05) is 0 Å². The highest BCUT2D eigenvalue weighted by molar-refractivity contribution is 5.91. The van der Waals surface area contributed by atoms with Crippen LogP contribution in [0, 0.1) is 0 Å². The summed E-state index contributed by atoms with van der Waals surface area (Å²) in [6.07, 6.45) is 6.16. The van der Waals surface area contributed by atoms with E-state index in [2.05, 4.69) is 20.5 Å². The van der Waals surface area contributed by atoms with Crippen LogP contribution >= 0.6 is 0 Å². The van der Waals surface area contributed by atoms with Gasteiger partial charge in [0.1, 0.15) is 5.82 Å². The van der Waals surface area contributed by atoms with Crippen LogP contribution in [0.2, 0.25) is 0 Å². The third kappa shape index (κ3) is 2.41. The third-order valence-corrected chi connectivity index (χ3v) is 5.02. The fraction of sp³-hybridized carbons (Fsp3) is 0.625. The molecule has 2 amide bonds. The summed E-state index contributed by atoms with van der Waals surface area (Å²) < 4.78 is 0. The van der Waals surface area contributed by atoms with Crippen molar-refractivity contribution < 1.29 is 4.79 Å². The predicted molar refractivity (Wildman–Crippen MR) is 86.4 cm³/mol. The van der Waals surface area contributed by atoms with Crippen LogP contribution in [0.5, 0.6) is 0 Å². The highest BCUT2D eigenvalue weighted by Crippen LogP contribution is 2.34. The Kier molecular flexibility index (Phi) is 3.62. The van der Waals surface area contributed by atoms with E-state index in [4.69, 9.17) is 0 Å². The van der Waals surface area contributed by atoms with Crippen LogP contribution < -0.4 is 15.5 Å². The molecule has 0 radical (unpaired) electrons. The van der Waals surface area contributed by atoms with E-state index in [0.29, 0.717) is 6.04 Å². The van der Waals surface area contributed by atoms with E-state index < -0.39 is 0 Å². The lowest BCUT2D eigenvalue weighted by molar-refractivity contribution is 0.222. The van der Waals surface area contributed by atoms with Crippen LogP contribution in [0.25, 0.3) is 0 Å². The fourth-order valence-electron chi connectivity index (χ4n) is 3.82. The number of nitrogens with zero attached hydrogens (tertiary/aromatic N) is 3.